The van der Waals surface area contributed by atoms with E-state index in [9.17, 15) is 4.79 Å². The van der Waals surface area contributed by atoms with Crippen LogP contribution >= 0.6 is 0 Å². The molecule has 2 aromatic carbocycles. The zero-order valence-corrected chi connectivity index (χ0v) is 10.1. The Kier molecular flexibility index (Phi) is 2.70. The molecule has 0 fully saturated rings. The molecule has 3 rings (SSSR count). The highest BCUT2D eigenvalue weighted by atomic mass is 16.5. The lowest BCUT2D eigenvalue weighted by Crippen LogP contribution is -2.05. The second-order valence-corrected chi connectivity index (χ2v) is 4.05. The standard InChI is InChI=1S/C16H10O3/c1-2-10-18-13-8-5-9-14-15(13)16(17)11-6-3-4-7-12(11)19-14/h1,3-9H,10H2. The van der Waals surface area contributed by atoms with Crippen molar-refractivity contribution in [1.82, 2.24) is 0 Å². The van der Waals surface area contributed by atoms with Crippen molar-refractivity contribution in [1.29, 1.82) is 0 Å². The summed E-state index contributed by atoms with van der Waals surface area (Å²) in [5.41, 5.74) is 0.955. The van der Waals surface area contributed by atoms with Gasteiger partial charge in [0.05, 0.1) is 5.39 Å². The van der Waals surface area contributed by atoms with E-state index in [1.807, 2.05) is 6.07 Å². The van der Waals surface area contributed by atoms with Gasteiger partial charge in [-0.1, -0.05) is 24.1 Å². The Hall–Kier alpha value is -2.73. The second kappa shape index (κ2) is 4.51. The van der Waals surface area contributed by atoms with Crippen molar-refractivity contribution in [3.8, 4) is 18.1 Å². The van der Waals surface area contributed by atoms with Crippen LogP contribution in [0.4, 0.5) is 0 Å². The van der Waals surface area contributed by atoms with E-state index < -0.39 is 0 Å². The summed E-state index contributed by atoms with van der Waals surface area (Å²) in [5.74, 6) is 2.84. The number of hydrogen-bond acceptors (Lipinski definition) is 3. The number of para-hydroxylation sites is 1. The summed E-state index contributed by atoms with van der Waals surface area (Å²) >= 11 is 0. The molecule has 1 heterocycles. The molecule has 3 nitrogen and oxygen atoms in total. The van der Waals surface area contributed by atoms with Gasteiger partial charge >= 0.3 is 0 Å². The molecule has 0 aliphatic carbocycles. The number of terminal acetylenes is 1. The number of ether oxygens (including phenoxy) is 1. The van der Waals surface area contributed by atoms with Crippen LogP contribution in [0, 0.1) is 12.3 Å². The van der Waals surface area contributed by atoms with E-state index in [4.69, 9.17) is 15.6 Å². The van der Waals surface area contributed by atoms with E-state index >= 15 is 0 Å². The number of hydrogen-bond donors (Lipinski definition) is 0. The molecule has 92 valence electrons. The molecule has 1 aromatic heterocycles. The van der Waals surface area contributed by atoms with E-state index in [1.165, 1.54) is 0 Å². The summed E-state index contributed by atoms with van der Waals surface area (Å²) in [7, 11) is 0. The minimum absolute atomic E-state index is 0.107. The van der Waals surface area contributed by atoms with Gasteiger partial charge in [0, 0.05) is 0 Å². The Morgan fingerprint density at radius 1 is 1.11 bits per heavy atom. The molecule has 0 bridgehead atoms. The summed E-state index contributed by atoms with van der Waals surface area (Å²) < 4.78 is 11.1. The number of fused-ring (bicyclic) bond motifs is 2. The SMILES string of the molecule is C#CCOc1cccc2oc3ccccc3c(=O)c12. The first-order chi connectivity index (χ1) is 9.31. The number of benzene rings is 2. The van der Waals surface area contributed by atoms with Crippen LogP contribution in [0.1, 0.15) is 0 Å². The predicted molar refractivity (Wildman–Crippen MR) is 74.3 cm³/mol. The maximum Gasteiger partial charge on any atom is 0.204 e. The van der Waals surface area contributed by atoms with E-state index in [-0.39, 0.29) is 12.0 Å². The van der Waals surface area contributed by atoms with Crippen molar-refractivity contribution in [2.75, 3.05) is 6.61 Å². The lowest BCUT2D eigenvalue weighted by Gasteiger charge is -2.06. The molecular formula is C16H10O3. The Morgan fingerprint density at radius 3 is 2.74 bits per heavy atom. The maximum atomic E-state index is 12.5. The average Bonchev–Trinajstić information content (AvgIpc) is 2.45. The maximum absolute atomic E-state index is 12.5. The first-order valence-electron chi connectivity index (χ1n) is 5.82. The normalized spacial score (nSPS) is 10.5. The fourth-order valence-electron chi connectivity index (χ4n) is 2.06. The van der Waals surface area contributed by atoms with Gasteiger partial charge in [-0.25, -0.2) is 0 Å². The quantitative estimate of drug-likeness (QED) is 0.518. The molecule has 3 aromatic rings. The van der Waals surface area contributed by atoms with E-state index in [0.717, 1.165) is 0 Å². The van der Waals surface area contributed by atoms with Crippen LogP contribution in [0.3, 0.4) is 0 Å². The van der Waals surface area contributed by atoms with Crippen molar-refractivity contribution in [3.63, 3.8) is 0 Å². The third-order valence-corrected chi connectivity index (χ3v) is 2.88. The van der Waals surface area contributed by atoms with Crippen LogP contribution in [-0.2, 0) is 0 Å². The Labute approximate surface area is 109 Å². The molecule has 0 unspecified atom stereocenters. The Balaban J connectivity index is 2.39. The van der Waals surface area contributed by atoms with Gasteiger partial charge < -0.3 is 9.15 Å². The summed E-state index contributed by atoms with van der Waals surface area (Å²) in [6.07, 6.45) is 5.17. The monoisotopic (exact) mass is 250 g/mol. The lowest BCUT2D eigenvalue weighted by atomic mass is 10.1. The van der Waals surface area contributed by atoms with Crippen LogP contribution in [-0.4, -0.2) is 6.61 Å². The molecule has 19 heavy (non-hydrogen) atoms. The van der Waals surface area contributed by atoms with Gasteiger partial charge in [0.15, 0.2) is 0 Å². The van der Waals surface area contributed by atoms with Crippen LogP contribution in [0.2, 0.25) is 0 Å². The largest absolute Gasteiger partial charge is 0.480 e. The van der Waals surface area contributed by atoms with Crippen molar-refractivity contribution in [2.45, 2.75) is 0 Å². The Morgan fingerprint density at radius 2 is 1.89 bits per heavy atom. The van der Waals surface area contributed by atoms with Crippen molar-refractivity contribution in [3.05, 3.63) is 52.7 Å². The molecule has 3 heteroatoms. The molecule has 0 saturated heterocycles. The van der Waals surface area contributed by atoms with Gasteiger partial charge in [0.25, 0.3) is 0 Å². The smallest absolute Gasteiger partial charge is 0.204 e. The molecular weight excluding hydrogens is 240 g/mol. The predicted octanol–water partition coefficient (Wildman–Crippen LogP) is 2.96. The van der Waals surface area contributed by atoms with Crippen molar-refractivity contribution < 1.29 is 9.15 Å². The van der Waals surface area contributed by atoms with Gasteiger partial charge in [-0.2, -0.15) is 0 Å². The summed E-state index contributed by atoms with van der Waals surface area (Å²) in [6, 6.07) is 12.4. The fourth-order valence-corrected chi connectivity index (χ4v) is 2.06. The van der Waals surface area contributed by atoms with Crippen LogP contribution in [0.15, 0.2) is 51.7 Å². The first-order valence-corrected chi connectivity index (χ1v) is 5.82. The highest BCUT2D eigenvalue weighted by Gasteiger charge is 2.11. The molecule has 0 N–H and O–H groups in total. The second-order valence-electron chi connectivity index (χ2n) is 4.05. The highest BCUT2D eigenvalue weighted by Crippen LogP contribution is 2.25. The summed E-state index contributed by atoms with van der Waals surface area (Å²) in [6.45, 7) is 0.116. The highest BCUT2D eigenvalue weighted by molar-refractivity contribution is 5.93. The molecule has 0 saturated carbocycles. The minimum Gasteiger partial charge on any atom is -0.480 e. The molecule has 0 amide bonds. The summed E-state index contributed by atoms with van der Waals surface area (Å²) in [4.78, 5) is 12.5. The molecule has 0 aliphatic heterocycles. The third-order valence-electron chi connectivity index (χ3n) is 2.88. The average molecular weight is 250 g/mol. The van der Waals surface area contributed by atoms with Gasteiger partial charge in [-0.05, 0) is 24.3 Å². The molecule has 0 spiro atoms. The minimum atomic E-state index is -0.107. The van der Waals surface area contributed by atoms with Crippen molar-refractivity contribution in [2.24, 2.45) is 0 Å². The van der Waals surface area contributed by atoms with Gasteiger partial charge in [-0.15, -0.1) is 6.42 Å². The van der Waals surface area contributed by atoms with Gasteiger partial charge in [0.1, 0.15) is 28.9 Å². The van der Waals surface area contributed by atoms with E-state index in [1.54, 1.807) is 36.4 Å². The molecule has 0 atom stereocenters. The summed E-state index contributed by atoms with van der Waals surface area (Å²) in [5, 5.41) is 0.961. The fraction of sp³-hybridized carbons (Fsp3) is 0.0625. The Bertz CT molecular complexity index is 853. The van der Waals surface area contributed by atoms with E-state index in [2.05, 4.69) is 5.92 Å². The van der Waals surface area contributed by atoms with Crippen LogP contribution < -0.4 is 10.2 Å². The van der Waals surface area contributed by atoms with Crippen LogP contribution in [0.5, 0.6) is 5.75 Å². The molecule has 0 aliphatic rings. The zero-order chi connectivity index (χ0) is 13.2. The topological polar surface area (TPSA) is 39.4 Å². The third kappa shape index (κ3) is 1.84. The van der Waals surface area contributed by atoms with E-state index in [0.29, 0.717) is 27.7 Å². The van der Waals surface area contributed by atoms with Crippen molar-refractivity contribution >= 4 is 21.9 Å². The lowest BCUT2D eigenvalue weighted by molar-refractivity contribution is 0.374. The number of rotatable bonds is 2. The first kappa shape index (κ1) is 11.4. The van der Waals surface area contributed by atoms with Crippen LogP contribution in [0.25, 0.3) is 21.9 Å². The molecule has 0 radical (unpaired) electrons. The zero-order valence-electron chi connectivity index (χ0n) is 10.1. The van der Waals surface area contributed by atoms with Gasteiger partial charge in [0.2, 0.25) is 5.43 Å². The van der Waals surface area contributed by atoms with Gasteiger partial charge in [-0.3, -0.25) is 4.79 Å².